The van der Waals surface area contributed by atoms with Crippen molar-refractivity contribution in [3.05, 3.63) is 55.2 Å². The molecule has 2 aliphatic rings. The first-order chi connectivity index (χ1) is 13.5. The van der Waals surface area contributed by atoms with Crippen molar-refractivity contribution >= 4 is 34.0 Å². The summed E-state index contributed by atoms with van der Waals surface area (Å²) in [7, 11) is 0. The molecule has 1 fully saturated rings. The van der Waals surface area contributed by atoms with E-state index in [0.717, 1.165) is 54.3 Å². The minimum atomic E-state index is -0.410. The number of hydrogen-bond donors (Lipinski definition) is 2. The normalized spacial score (nSPS) is 28.2. The zero-order valence-electron chi connectivity index (χ0n) is 15.7. The van der Waals surface area contributed by atoms with Gasteiger partial charge in [0.15, 0.2) is 5.58 Å². The number of rotatable bonds is 1. The van der Waals surface area contributed by atoms with Crippen molar-refractivity contribution in [2.24, 2.45) is 0 Å². The lowest BCUT2D eigenvalue weighted by molar-refractivity contribution is 0.0885. The number of ether oxygens (including phenoxy) is 1. The number of thiophene rings is 1. The molecule has 2 aliphatic heterocycles. The van der Waals surface area contributed by atoms with Crippen LogP contribution in [0.4, 0.5) is 0 Å². The van der Waals surface area contributed by atoms with Crippen LogP contribution in [-0.2, 0) is 16.6 Å². The third-order valence-corrected chi connectivity index (χ3v) is 7.68. The van der Waals surface area contributed by atoms with Crippen LogP contribution in [0.2, 0.25) is 4.34 Å². The first-order valence-electron chi connectivity index (χ1n) is 9.78. The van der Waals surface area contributed by atoms with Gasteiger partial charge in [-0.1, -0.05) is 23.7 Å². The molecular formula is C21H23ClN2O3S. The number of oxazole rings is 1. The fraction of sp³-hybridized carbons (Fsp3) is 0.476. The van der Waals surface area contributed by atoms with E-state index >= 15 is 0 Å². The highest BCUT2D eigenvalue weighted by molar-refractivity contribution is 7.16. The summed E-state index contributed by atoms with van der Waals surface area (Å²) >= 11 is 8.17. The SMILES string of the molecule is CC1CC2(CCOCCc3cc(Cl)sc32)CC(c2cccc3[nH]c(=O)oc23)N1. The summed E-state index contributed by atoms with van der Waals surface area (Å²) < 4.78 is 12.2. The Balaban J connectivity index is 1.61. The Labute approximate surface area is 172 Å². The zero-order chi connectivity index (χ0) is 19.3. The minimum Gasteiger partial charge on any atom is -0.408 e. The monoisotopic (exact) mass is 418 g/mol. The van der Waals surface area contributed by atoms with Crippen molar-refractivity contribution < 1.29 is 9.15 Å². The smallest absolute Gasteiger partial charge is 0.408 e. The first-order valence-corrected chi connectivity index (χ1v) is 11.0. The van der Waals surface area contributed by atoms with E-state index in [9.17, 15) is 4.79 Å². The predicted octanol–water partition coefficient (Wildman–Crippen LogP) is 4.55. The number of aromatic nitrogens is 1. The summed E-state index contributed by atoms with van der Waals surface area (Å²) in [6.07, 6.45) is 3.86. The summed E-state index contributed by atoms with van der Waals surface area (Å²) in [5.74, 6) is -0.410. The number of aromatic amines is 1. The van der Waals surface area contributed by atoms with E-state index in [2.05, 4.69) is 29.4 Å². The first kappa shape index (κ1) is 18.4. The van der Waals surface area contributed by atoms with E-state index in [1.165, 1.54) is 10.4 Å². The molecule has 1 spiro atoms. The van der Waals surface area contributed by atoms with Crippen LogP contribution >= 0.6 is 22.9 Å². The summed E-state index contributed by atoms with van der Waals surface area (Å²) in [6, 6.07) is 8.46. The van der Waals surface area contributed by atoms with Gasteiger partial charge in [0, 0.05) is 34.5 Å². The second-order valence-electron chi connectivity index (χ2n) is 8.06. The van der Waals surface area contributed by atoms with Crippen molar-refractivity contribution in [1.82, 2.24) is 10.3 Å². The van der Waals surface area contributed by atoms with Crippen LogP contribution in [0.15, 0.2) is 33.5 Å². The number of fused-ring (bicyclic) bond motifs is 3. The van der Waals surface area contributed by atoms with Crippen molar-refractivity contribution in [2.45, 2.75) is 50.1 Å². The molecule has 0 amide bonds. The standard InChI is InChI=1S/C21H23ClN2O3S/c1-12-10-21(6-8-26-7-5-13-9-17(22)28-19(13)21)11-16(23-12)14-3-2-4-15-18(14)27-20(25)24-15/h2-4,9,12,16,23H,5-8,10-11H2,1H3,(H,24,25). The quantitative estimate of drug-likeness (QED) is 0.608. The second kappa shape index (κ2) is 7.02. The van der Waals surface area contributed by atoms with E-state index in [1.54, 1.807) is 11.3 Å². The van der Waals surface area contributed by atoms with Crippen molar-refractivity contribution in [1.29, 1.82) is 0 Å². The van der Waals surface area contributed by atoms with Crippen LogP contribution in [0.5, 0.6) is 0 Å². The number of piperidine rings is 1. The summed E-state index contributed by atoms with van der Waals surface area (Å²) in [6.45, 7) is 3.74. The summed E-state index contributed by atoms with van der Waals surface area (Å²) in [5.41, 5.74) is 3.78. The van der Waals surface area contributed by atoms with Gasteiger partial charge in [0.2, 0.25) is 0 Å². The summed E-state index contributed by atoms with van der Waals surface area (Å²) in [5, 5.41) is 3.73. The molecule has 28 heavy (non-hydrogen) atoms. The maximum atomic E-state index is 11.8. The Morgan fingerprint density at radius 3 is 3.07 bits per heavy atom. The Bertz CT molecular complexity index is 1070. The lowest BCUT2D eigenvalue weighted by Gasteiger charge is -2.45. The van der Waals surface area contributed by atoms with Gasteiger partial charge in [-0.2, -0.15) is 0 Å². The average molecular weight is 419 g/mol. The van der Waals surface area contributed by atoms with Crippen molar-refractivity contribution in [3.63, 3.8) is 0 Å². The number of H-pyrrole nitrogens is 1. The van der Waals surface area contributed by atoms with E-state index < -0.39 is 5.76 Å². The molecule has 3 aromatic rings. The van der Waals surface area contributed by atoms with E-state index in [-0.39, 0.29) is 11.5 Å². The third-order valence-electron chi connectivity index (χ3n) is 6.13. The number of nitrogens with one attached hydrogen (secondary N) is 2. The molecule has 3 unspecified atom stereocenters. The number of halogens is 1. The molecule has 2 aromatic heterocycles. The maximum absolute atomic E-state index is 11.8. The fourth-order valence-electron chi connectivity index (χ4n) is 5.08. The van der Waals surface area contributed by atoms with Crippen molar-refractivity contribution in [3.8, 4) is 0 Å². The highest BCUT2D eigenvalue weighted by Gasteiger charge is 2.44. The maximum Gasteiger partial charge on any atom is 0.417 e. The molecule has 3 atom stereocenters. The van der Waals surface area contributed by atoms with Gasteiger partial charge in [0.05, 0.1) is 16.5 Å². The molecular weight excluding hydrogens is 396 g/mol. The van der Waals surface area contributed by atoms with Crippen LogP contribution in [0.25, 0.3) is 11.1 Å². The lowest BCUT2D eigenvalue weighted by Crippen LogP contribution is -2.47. The molecule has 5 nitrogen and oxygen atoms in total. The molecule has 4 heterocycles. The van der Waals surface area contributed by atoms with E-state index in [4.69, 9.17) is 20.8 Å². The van der Waals surface area contributed by atoms with Crippen LogP contribution in [-0.4, -0.2) is 24.2 Å². The molecule has 0 radical (unpaired) electrons. The molecule has 148 valence electrons. The molecule has 0 saturated carbocycles. The van der Waals surface area contributed by atoms with Crippen LogP contribution in [0.1, 0.15) is 48.2 Å². The average Bonchev–Trinajstić information content (AvgIpc) is 3.21. The molecule has 0 aliphatic carbocycles. The molecule has 1 aromatic carbocycles. The molecule has 1 saturated heterocycles. The van der Waals surface area contributed by atoms with Crippen LogP contribution in [0.3, 0.4) is 0 Å². The van der Waals surface area contributed by atoms with Crippen LogP contribution in [0, 0.1) is 0 Å². The van der Waals surface area contributed by atoms with Gasteiger partial charge in [0.1, 0.15) is 0 Å². The van der Waals surface area contributed by atoms with Crippen LogP contribution < -0.4 is 11.1 Å². The number of para-hydroxylation sites is 1. The summed E-state index contributed by atoms with van der Waals surface area (Å²) in [4.78, 5) is 16.0. The topological polar surface area (TPSA) is 67.3 Å². The lowest BCUT2D eigenvalue weighted by atomic mass is 9.68. The van der Waals surface area contributed by atoms with E-state index in [1.807, 2.05) is 12.1 Å². The Hall–Kier alpha value is -1.60. The van der Waals surface area contributed by atoms with Gasteiger partial charge in [0.25, 0.3) is 0 Å². The van der Waals surface area contributed by atoms with Gasteiger partial charge in [-0.3, -0.25) is 4.98 Å². The van der Waals surface area contributed by atoms with Gasteiger partial charge >= 0.3 is 5.76 Å². The van der Waals surface area contributed by atoms with Gasteiger partial charge in [-0.25, -0.2) is 4.79 Å². The Morgan fingerprint density at radius 2 is 2.18 bits per heavy atom. The van der Waals surface area contributed by atoms with E-state index in [0.29, 0.717) is 11.6 Å². The second-order valence-corrected chi connectivity index (χ2v) is 9.75. The third kappa shape index (κ3) is 3.12. The zero-order valence-corrected chi connectivity index (χ0v) is 17.3. The largest absolute Gasteiger partial charge is 0.417 e. The molecule has 7 heteroatoms. The Kier molecular flexibility index (Phi) is 4.62. The highest BCUT2D eigenvalue weighted by Crippen LogP contribution is 2.50. The van der Waals surface area contributed by atoms with Gasteiger partial charge in [-0.15, -0.1) is 11.3 Å². The Morgan fingerprint density at radius 1 is 1.29 bits per heavy atom. The predicted molar refractivity (Wildman–Crippen MR) is 112 cm³/mol. The van der Waals surface area contributed by atoms with Crippen molar-refractivity contribution in [2.75, 3.05) is 13.2 Å². The highest BCUT2D eigenvalue weighted by atomic mass is 35.5. The number of benzene rings is 1. The number of hydrogen-bond acceptors (Lipinski definition) is 5. The van der Waals surface area contributed by atoms with Gasteiger partial charge < -0.3 is 14.5 Å². The molecule has 0 bridgehead atoms. The molecule has 5 rings (SSSR count). The minimum absolute atomic E-state index is 0.0155. The van der Waals surface area contributed by atoms with Gasteiger partial charge in [-0.05, 0) is 50.3 Å². The fourth-order valence-corrected chi connectivity index (χ4v) is 6.61. The molecule has 2 N–H and O–H groups in total.